The van der Waals surface area contributed by atoms with Crippen LogP contribution in [0.2, 0.25) is 0 Å². The number of alkyl halides is 2. The molecule has 1 amide bonds. The Bertz CT molecular complexity index is 1050. The third-order valence-corrected chi connectivity index (χ3v) is 4.90. The Hall–Kier alpha value is -4.00. The Kier molecular flexibility index (Phi) is 8.91. The van der Waals surface area contributed by atoms with E-state index in [-0.39, 0.29) is 11.7 Å². The summed E-state index contributed by atoms with van der Waals surface area (Å²) >= 11 is 0. The average molecular weight is 465 g/mol. The van der Waals surface area contributed by atoms with Crippen molar-refractivity contribution in [2.24, 2.45) is 0 Å². The number of rotatable bonds is 10. The fourth-order valence-electron chi connectivity index (χ4n) is 3.27. The zero-order chi connectivity index (χ0) is 24.3. The summed E-state index contributed by atoms with van der Waals surface area (Å²) in [5.74, 6) is -0.984. The SMILES string of the molecule is C[C@@H](OC(=O)/C=C/c1ccc(OC(F)F)cc1)C(=O)N(Cc1ccccc1)Cc1ccccc1. The monoisotopic (exact) mass is 465 g/mol. The third-order valence-electron chi connectivity index (χ3n) is 4.90. The van der Waals surface area contributed by atoms with Gasteiger partial charge in [0.2, 0.25) is 0 Å². The molecule has 7 heteroatoms. The van der Waals surface area contributed by atoms with Gasteiger partial charge in [-0.25, -0.2) is 4.79 Å². The zero-order valence-electron chi connectivity index (χ0n) is 18.6. The summed E-state index contributed by atoms with van der Waals surface area (Å²) < 4.78 is 34.1. The van der Waals surface area contributed by atoms with E-state index in [0.29, 0.717) is 18.7 Å². The predicted molar refractivity (Wildman–Crippen MR) is 125 cm³/mol. The van der Waals surface area contributed by atoms with E-state index >= 15 is 0 Å². The molecule has 0 N–H and O–H groups in total. The number of ether oxygens (including phenoxy) is 2. The number of benzene rings is 3. The first-order valence-electron chi connectivity index (χ1n) is 10.7. The van der Waals surface area contributed by atoms with Crippen LogP contribution in [0.4, 0.5) is 8.78 Å². The minimum Gasteiger partial charge on any atom is -0.449 e. The van der Waals surface area contributed by atoms with Gasteiger partial charge in [0.1, 0.15) is 5.75 Å². The lowest BCUT2D eigenvalue weighted by atomic mass is 10.1. The predicted octanol–water partition coefficient (Wildman–Crippen LogP) is 5.46. The van der Waals surface area contributed by atoms with Crippen molar-refractivity contribution in [3.8, 4) is 5.75 Å². The molecule has 5 nitrogen and oxygen atoms in total. The first kappa shape index (κ1) is 24.6. The van der Waals surface area contributed by atoms with E-state index in [1.807, 2.05) is 60.7 Å². The van der Waals surface area contributed by atoms with Crippen LogP contribution in [0.25, 0.3) is 6.08 Å². The van der Waals surface area contributed by atoms with Crippen LogP contribution in [0.5, 0.6) is 5.75 Å². The minimum atomic E-state index is -2.90. The maximum Gasteiger partial charge on any atom is 0.387 e. The van der Waals surface area contributed by atoms with Crippen LogP contribution < -0.4 is 4.74 Å². The second-order valence-corrected chi connectivity index (χ2v) is 7.53. The van der Waals surface area contributed by atoms with E-state index in [9.17, 15) is 18.4 Å². The first-order valence-corrected chi connectivity index (χ1v) is 10.7. The van der Waals surface area contributed by atoms with Crippen LogP contribution in [0.15, 0.2) is 91.0 Å². The molecule has 34 heavy (non-hydrogen) atoms. The number of esters is 1. The van der Waals surface area contributed by atoms with Gasteiger partial charge in [0.25, 0.3) is 5.91 Å². The Morgan fingerprint density at radius 2 is 1.38 bits per heavy atom. The van der Waals surface area contributed by atoms with E-state index in [1.165, 1.54) is 43.3 Å². The number of amides is 1. The summed E-state index contributed by atoms with van der Waals surface area (Å²) in [6.07, 6.45) is 1.66. The number of hydrogen-bond acceptors (Lipinski definition) is 4. The molecular weight excluding hydrogens is 440 g/mol. The van der Waals surface area contributed by atoms with Crippen molar-refractivity contribution in [3.63, 3.8) is 0 Å². The largest absolute Gasteiger partial charge is 0.449 e. The Morgan fingerprint density at radius 3 is 1.88 bits per heavy atom. The molecule has 3 rings (SSSR count). The Morgan fingerprint density at radius 1 is 0.853 bits per heavy atom. The van der Waals surface area contributed by atoms with Crippen LogP contribution in [0.3, 0.4) is 0 Å². The van der Waals surface area contributed by atoms with E-state index in [2.05, 4.69) is 4.74 Å². The summed E-state index contributed by atoms with van der Waals surface area (Å²) in [4.78, 5) is 27.1. The zero-order valence-corrected chi connectivity index (χ0v) is 18.6. The highest BCUT2D eigenvalue weighted by Gasteiger charge is 2.23. The van der Waals surface area contributed by atoms with E-state index in [4.69, 9.17) is 4.74 Å². The molecule has 0 fully saturated rings. The standard InChI is InChI=1S/C27H25F2NO4/c1-20(33-25(31)17-14-21-12-15-24(16-13-21)34-27(28)29)26(32)30(18-22-8-4-2-5-9-22)19-23-10-6-3-7-11-23/h2-17,20,27H,18-19H2,1H3/b17-14+/t20-/m1/s1. The number of halogens is 2. The number of carbonyl (C=O) groups is 2. The van der Waals surface area contributed by atoms with Crippen molar-refractivity contribution in [1.29, 1.82) is 0 Å². The Balaban J connectivity index is 1.62. The molecule has 1 atom stereocenters. The maximum absolute atomic E-state index is 13.1. The average Bonchev–Trinajstić information content (AvgIpc) is 2.83. The summed E-state index contributed by atoms with van der Waals surface area (Å²) in [5.41, 5.74) is 2.52. The second-order valence-electron chi connectivity index (χ2n) is 7.53. The highest BCUT2D eigenvalue weighted by atomic mass is 19.3. The molecule has 3 aromatic rings. The molecule has 176 valence electrons. The highest BCUT2D eigenvalue weighted by Crippen LogP contribution is 2.16. The van der Waals surface area contributed by atoms with Gasteiger partial charge in [-0.3, -0.25) is 4.79 Å². The van der Waals surface area contributed by atoms with Crippen LogP contribution in [0.1, 0.15) is 23.6 Å². The molecule has 0 bridgehead atoms. The van der Waals surface area contributed by atoms with Gasteiger partial charge in [-0.1, -0.05) is 72.8 Å². The van der Waals surface area contributed by atoms with Gasteiger partial charge in [0.05, 0.1) is 0 Å². The van der Waals surface area contributed by atoms with Crippen LogP contribution in [0, 0.1) is 0 Å². The highest BCUT2D eigenvalue weighted by molar-refractivity contribution is 5.90. The van der Waals surface area contributed by atoms with E-state index < -0.39 is 18.7 Å². The molecular formula is C27H25F2NO4. The van der Waals surface area contributed by atoms with Gasteiger partial charge < -0.3 is 14.4 Å². The summed E-state index contributed by atoms with van der Waals surface area (Å²) in [6.45, 7) is -0.620. The smallest absolute Gasteiger partial charge is 0.387 e. The van der Waals surface area contributed by atoms with Gasteiger partial charge >= 0.3 is 12.6 Å². The van der Waals surface area contributed by atoms with Crippen molar-refractivity contribution >= 4 is 18.0 Å². The molecule has 0 saturated heterocycles. The molecule has 0 saturated carbocycles. The van der Waals surface area contributed by atoms with Gasteiger partial charge in [-0.15, -0.1) is 0 Å². The van der Waals surface area contributed by atoms with Gasteiger partial charge in [-0.2, -0.15) is 8.78 Å². The van der Waals surface area contributed by atoms with Crippen molar-refractivity contribution in [2.45, 2.75) is 32.7 Å². The molecule has 0 unspecified atom stereocenters. The van der Waals surface area contributed by atoms with Crippen LogP contribution in [-0.2, 0) is 27.4 Å². The topological polar surface area (TPSA) is 55.8 Å². The minimum absolute atomic E-state index is 0.0193. The second kappa shape index (κ2) is 12.3. The molecule has 0 radical (unpaired) electrons. The van der Waals surface area contributed by atoms with Crippen LogP contribution >= 0.6 is 0 Å². The summed E-state index contributed by atoms with van der Waals surface area (Å²) in [5, 5.41) is 0. The van der Waals surface area contributed by atoms with Crippen molar-refractivity contribution in [3.05, 3.63) is 108 Å². The van der Waals surface area contributed by atoms with E-state index in [1.54, 1.807) is 4.90 Å². The molecule has 0 aliphatic heterocycles. The van der Waals surface area contributed by atoms with Gasteiger partial charge in [0.15, 0.2) is 6.10 Å². The lowest BCUT2D eigenvalue weighted by Gasteiger charge is -2.26. The molecule has 0 aromatic heterocycles. The molecule has 0 heterocycles. The van der Waals surface area contributed by atoms with Gasteiger partial charge in [-0.05, 0) is 41.8 Å². The lowest BCUT2D eigenvalue weighted by molar-refractivity contribution is -0.156. The summed E-state index contributed by atoms with van der Waals surface area (Å²) in [6, 6.07) is 24.9. The van der Waals surface area contributed by atoms with Crippen molar-refractivity contribution in [2.75, 3.05) is 0 Å². The van der Waals surface area contributed by atoms with Gasteiger partial charge in [0, 0.05) is 19.2 Å². The van der Waals surface area contributed by atoms with Crippen molar-refractivity contribution in [1.82, 2.24) is 4.90 Å². The molecule has 0 aliphatic carbocycles. The fourth-order valence-corrected chi connectivity index (χ4v) is 3.27. The third kappa shape index (κ3) is 7.85. The number of nitrogens with zero attached hydrogens (tertiary/aromatic N) is 1. The molecule has 0 aliphatic rings. The first-order chi connectivity index (χ1) is 16.4. The normalized spacial score (nSPS) is 11.9. The quantitative estimate of drug-likeness (QED) is 0.295. The Labute approximate surface area is 197 Å². The lowest BCUT2D eigenvalue weighted by Crippen LogP contribution is -2.39. The number of carbonyl (C=O) groups excluding carboxylic acids is 2. The molecule has 3 aromatic carbocycles. The molecule has 0 spiro atoms. The fraction of sp³-hybridized carbons (Fsp3) is 0.185. The maximum atomic E-state index is 13.1. The summed E-state index contributed by atoms with van der Waals surface area (Å²) in [7, 11) is 0. The van der Waals surface area contributed by atoms with E-state index in [0.717, 1.165) is 11.1 Å². The van der Waals surface area contributed by atoms with Crippen molar-refractivity contribution < 1.29 is 27.8 Å². The van der Waals surface area contributed by atoms with Crippen LogP contribution in [-0.4, -0.2) is 29.5 Å². The number of hydrogen-bond donors (Lipinski definition) is 0.